The van der Waals surface area contributed by atoms with Crippen molar-refractivity contribution in [2.24, 2.45) is 0 Å². The zero-order valence-electron chi connectivity index (χ0n) is 13.7. The molecule has 0 amide bonds. The Morgan fingerprint density at radius 1 is 0.704 bits per heavy atom. The summed E-state index contributed by atoms with van der Waals surface area (Å²) in [5.74, 6) is -3.67. The molecule has 2 heterocycles. The zero-order chi connectivity index (χ0) is 18.8. The van der Waals surface area contributed by atoms with Crippen molar-refractivity contribution in [1.82, 2.24) is 15.0 Å². The van der Waals surface area contributed by atoms with Crippen LogP contribution >= 0.6 is 0 Å². The van der Waals surface area contributed by atoms with Gasteiger partial charge in [-0.25, -0.2) is 18.2 Å². The van der Waals surface area contributed by atoms with Crippen LogP contribution < -0.4 is 10.6 Å². The summed E-state index contributed by atoms with van der Waals surface area (Å²) < 4.78 is 40.2. The number of anilines is 4. The average Bonchev–Trinajstić information content (AvgIpc) is 2.69. The molecule has 5 nitrogen and oxygen atoms in total. The fourth-order valence-corrected chi connectivity index (χ4v) is 2.57. The first-order chi connectivity index (χ1) is 13.1. The van der Waals surface area contributed by atoms with E-state index in [1.165, 1.54) is 12.3 Å². The van der Waals surface area contributed by atoms with Gasteiger partial charge in [-0.1, -0.05) is 18.2 Å². The molecule has 27 heavy (non-hydrogen) atoms. The average molecular weight is 367 g/mol. The van der Waals surface area contributed by atoms with E-state index >= 15 is 0 Å². The number of fused-ring (bicyclic) bond motifs is 1. The molecule has 4 aromatic rings. The van der Waals surface area contributed by atoms with E-state index in [0.29, 0.717) is 5.69 Å². The third kappa shape index (κ3) is 3.37. The first-order valence-electron chi connectivity index (χ1n) is 7.96. The molecular formula is C19H12F3N5. The van der Waals surface area contributed by atoms with Crippen LogP contribution in [0.4, 0.5) is 36.3 Å². The smallest absolute Gasteiger partial charge is 0.229 e. The maximum Gasteiger partial charge on any atom is 0.229 e. The molecule has 0 aliphatic carbocycles. The summed E-state index contributed by atoms with van der Waals surface area (Å²) in [4.78, 5) is 12.7. The highest BCUT2D eigenvalue weighted by Gasteiger charge is 2.14. The van der Waals surface area contributed by atoms with Gasteiger partial charge in [-0.3, -0.25) is 4.98 Å². The third-order valence-corrected chi connectivity index (χ3v) is 3.83. The van der Waals surface area contributed by atoms with Gasteiger partial charge in [-0.2, -0.15) is 4.98 Å². The Morgan fingerprint density at radius 3 is 2.44 bits per heavy atom. The van der Waals surface area contributed by atoms with Gasteiger partial charge in [0, 0.05) is 17.8 Å². The fraction of sp³-hybridized carbons (Fsp3) is 0. The van der Waals surface area contributed by atoms with Crippen LogP contribution in [0.1, 0.15) is 0 Å². The van der Waals surface area contributed by atoms with Crippen LogP contribution in [-0.4, -0.2) is 15.0 Å². The predicted molar refractivity (Wildman–Crippen MR) is 96.7 cm³/mol. The SMILES string of the molecule is Fc1ccc(Nc2ccnc(Nc3cccc4cccnc34)n2)c(F)c1F. The first kappa shape index (κ1) is 16.8. The summed E-state index contributed by atoms with van der Waals surface area (Å²) >= 11 is 0. The van der Waals surface area contributed by atoms with Crippen molar-refractivity contribution in [1.29, 1.82) is 0 Å². The number of para-hydroxylation sites is 1. The number of pyridine rings is 1. The summed E-state index contributed by atoms with van der Waals surface area (Å²) in [6, 6.07) is 12.8. The lowest BCUT2D eigenvalue weighted by Gasteiger charge is -2.10. The molecule has 8 heteroatoms. The molecule has 0 saturated heterocycles. The summed E-state index contributed by atoms with van der Waals surface area (Å²) in [6.45, 7) is 0. The van der Waals surface area contributed by atoms with E-state index in [1.807, 2.05) is 30.3 Å². The maximum atomic E-state index is 13.8. The second kappa shape index (κ2) is 6.91. The summed E-state index contributed by atoms with van der Waals surface area (Å²) in [7, 11) is 0. The van der Waals surface area contributed by atoms with Gasteiger partial charge in [-0.15, -0.1) is 0 Å². The first-order valence-corrected chi connectivity index (χ1v) is 7.96. The minimum absolute atomic E-state index is 0.214. The van der Waals surface area contributed by atoms with Crippen molar-refractivity contribution >= 4 is 34.0 Å². The molecule has 0 spiro atoms. The maximum absolute atomic E-state index is 13.8. The predicted octanol–water partition coefficient (Wildman–Crippen LogP) is 4.93. The second-order valence-corrected chi connectivity index (χ2v) is 5.62. The highest BCUT2D eigenvalue weighted by molar-refractivity contribution is 5.91. The van der Waals surface area contributed by atoms with Crippen molar-refractivity contribution in [2.45, 2.75) is 0 Å². The summed E-state index contributed by atoms with van der Waals surface area (Å²) in [5.41, 5.74) is 1.21. The molecule has 0 unspecified atom stereocenters. The van der Waals surface area contributed by atoms with Crippen molar-refractivity contribution in [3.05, 3.63) is 78.4 Å². The number of halogens is 3. The van der Waals surface area contributed by atoms with Gasteiger partial charge in [0.05, 0.1) is 16.9 Å². The van der Waals surface area contributed by atoms with Gasteiger partial charge in [-0.05, 0) is 30.3 Å². The number of hydrogen-bond donors (Lipinski definition) is 2. The van der Waals surface area contributed by atoms with Crippen molar-refractivity contribution in [2.75, 3.05) is 10.6 Å². The Balaban J connectivity index is 1.62. The third-order valence-electron chi connectivity index (χ3n) is 3.83. The molecule has 2 N–H and O–H groups in total. The number of nitrogens with zero attached hydrogens (tertiary/aromatic N) is 3. The minimum Gasteiger partial charge on any atom is -0.338 e. The summed E-state index contributed by atoms with van der Waals surface area (Å²) in [5, 5.41) is 6.62. The highest BCUT2D eigenvalue weighted by atomic mass is 19.2. The minimum atomic E-state index is -1.55. The van der Waals surface area contributed by atoms with Gasteiger partial charge in [0.15, 0.2) is 17.5 Å². The lowest BCUT2D eigenvalue weighted by molar-refractivity contribution is 0.449. The van der Waals surface area contributed by atoms with Crippen LogP contribution in [-0.2, 0) is 0 Å². The van der Waals surface area contributed by atoms with E-state index < -0.39 is 17.5 Å². The Labute approximate surface area is 151 Å². The van der Waals surface area contributed by atoms with E-state index in [2.05, 4.69) is 25.6 Å². The van der Waals surface area contributed by atoms with Crippen molar-refractivity contribution in [3.63, 3.8) is 0 Å². The molecule has 4 rings (SSSR count). The van der Waals surface area contributed by atoms with Crippen molar-refractivity contribution in [3.8, 4) is 0 Å². The van der Waals surface area contributed by atoms with Crippen LogP contribution in [0.3, 0.4) is 0 Å². The molecular weight excluding hydrogens is 355 g/mol. The molecule has 2 aromatic carbocycles. The van der Waals surface area contributed by atoms with Crippen LogP contribution in [0.5, 0.6) is 0 Å². The summed E-state index contributed by atoms with van der Waals surface area (Å²) in [6.07, 6.45) is 3.13. The van der Waals surface area contributed by atoms with Crippen LogP contribution in [0.15, 0.2) is 60.9 Å². The van der Waals surface area contributed by atoms with E-state index in [9.17, 15) is 13.2 Å². The molecule has 0 saturated carbocycles. The Morgan fingerprint density at radius 2 is 1.56 bits per heavy atom. The van der Waals surface area contributed by atoms with E-state index in [0.717, 1.165) is 23.0 Å². The van der Waals surface area contributed by atoms with Gasteiger partial charge < -0.3 is 10.6 Å². The van der Waals surface area contributed by atoms with Gasteiger partial charge in [0.25, 0.3) is 0 Å². The zero-order valence-corrected chi connectivity index (χ0v) is 13.7. The second-order valence-electron chi connectivity index (χ2n) is 5.62. The topological polar surface area (TPSA) is 62.7 Å². The van der Waals surface area contributed by atoms with Crippen LogP contribution in [0.25, 0.3) is 10.9 Å². The fourth-order valence-electron chi connectivity index (χ4n) is 2.57. The molecule has 0 radical (unpaired) electrons. The molecule has 0 aliphatic heterocycles. The van der Waals surface area contributed by atoms with Gasteiger partial charge >= 0.3 is 0 Å². The number of rotatable bonds is 4. The standard InChI is InChI=1S/C19H12F3N5/c20-12-6-7-13(17(22)16(12)21)25-15-8-10-24-19(27-15)26-14-5-1-3-11-4-2-9-23-18(11)14/h1-10H,(H2,24,25,26,27). The number of aromatic nitrogens is 3. The molecule has 134 valence electrons. The van der Waals surface area contributed by atoms with E-state index in [1.54, 1.807) is 6.20 Å². The molecule has 0 fully saturated rings. The van der Waals surface area contributed by atoms with E-state index in [-0.39, 0.29) is 17.5 Å². The Hall–Kier alpha value is -3.68. The molecule has 0 aliphatic rings. The Kier molecular flexibility index (Phi) is 4.29. The van der Waals surface area contributed by atoms with Crippen LogP contribution in [0.2, 0.25) is 0 Å². The normalized spacial score (nSPS) is 10.8. The van der Waals surface area contributed by atoms with Crippen molar-refractivity contribution < 1.29 is 13.2 Å². The lowest BCUT2D eigenvalue weighted by Crippen LogP contribution is -2.03. The number of benzene rings is 2. The molecule has 0 bridgehead atoms. The number of hydrogen-bond acceptors (Lipinski definition) is 5. The lowest BCUT2D eigenvalue weighted by atomic mass is 10.2. The van der Waals surface area contributed by atoms with Crippen LogP contribution in [0, 0.1) is 17.5 Å². The molecule has 0 atom stereocenters. The van der Waals surface area contributed by atoms with Gasteiger partial charge in [0.2, 0.25) is 5.95 Å². The Bertz CT molecular complexity index is 1130. The number of nitrogens with one attached hydrogen (secondary N) is 2. The monoisotopic (exact) mass is 367 g/mol. The van der Waals surface area contributed by atoms with Gasteiger partial charge in [0.1, 0.15) is 5.82 Å². The molecule has 2 aromatic heterocycles. The van der Waals surface area contributed by atoms with E-state index in [4.69, 9.17) is 0 Å². The quantitative estimate of drug-likeness (QED) is 0.501. The largest absolute Gasteiger partial charge is 0.338 e. The highest BCUT2D eigenvalue weighted by Crippen LogP contribution is 2.25.